The molecule has 122 valence electrons. The van der Waals surface area contributed by atoms with Crippen LogP contribution in [0.4, 0.5) is 0 Å². The number of aromatic nitrogens is 1. The first-order valence-corrected chi connectivity index (χ1v) is 9.22. The van der Waals surface area contributed by atoms with Gasteiger partial charge in [-0.3, -0.25) is 4.79 Å². The van der Waals surface area contributed by atoms with Crippen LogP contribution in [-0.2, 0) is 10.5 Å². The maximum Gasteiger partial charge on any atom is 0.233 e. The summed E-state index contributed by atoms with van der Waals surface area (Å²) in [5, 5.41) is 4.83. The Balaban J connectivity index is 1.56. The van der Waals surface area contributed by atoms with E-state index in [-0.39, 0.29) is 11.9 Å². The Labute approximate surface area is 145 Å². The first-order valence-electron chi connectivity index (χ1n) is 7.69. The van der Waals surface area contributed by atoms with Crippen LogP contribution in [0.15, 0.2) is 34.9 Å². The number of carbonyl (C=O) groups is 1. The minimum Gasteiger partial charge on any atom is -0.361 e. The first-order chi connectivity index (χ1) is 11.1. The fraction of sp³-hybridized carbons (Fsp3) is 0.412. The van der Waals surface area contributed by atoms with Crippen molar-refractivity contribution < 1.29 is 9.32 Å². The predicted octanol–water partition coefficient (Wildman–Crippen LogP) is 4.23. The Hall–Kier alpha value is -1.46. The van der Waals surface area contributed by atoms with Gasteiger partial charge in [-0.15, -0.1) is 11.8 Å². The lowest BCUT2D eigenvalue weighted by atomic mass is 10.1. The van der Waals surface area contributed by atoms with E-state index in [4.69, 9.17) is 16.1 Å². The molecule has 4 nitrogen and oxygen atoms in total. The normalized spacial score (nSPS) is 17.7. The molecule has 1 saturated heterocycles. The van der Waals surface area contributed by atoms with Crippen LogP contribution in [0.2, 0.25) is 5.02 Å². The third-order valence-electron chi connectivity index (χ3n) is 4.00. The summed E-state index contributed by atoms with van der Waals surface area (Å²) in [6.07, 6.45) is 1.96. The van der Waals surface area contributed by atoms with Crippen LogP contribution < -0.4 is 0 Å². The molecule has 0 bridgehead atoms. The van der Waals surface area contributed by atoms with Crippen molar-refractivity contribution in [1.29, 1.82) is 0 Å². The van der Waals surface area contributed by atoms with Crippen molar-refractivity contribution >= 4 is 29.3 Å². The molecular formula is C17H19ClN2O2S. The van der Waals surface area contributed by atoms with Gasteiger partial charge < -0.3 is 9.42 Å². The average Bonchev–Trinajstić information content (AvgIpc) is 3.17. The molecule has 0 N–H and O–H groups in total. The molecule has 6 heteroatoms. The van der Waals surface area contributed by atoms with Crippen LogP contribution in [0.3, 0.4) is 0 Å². The van der Waals surface area contributed by atoms with Crippen molar-refractivity contribution in [3.63, 3.8) is 0 Å². The molecule has 0 radical (unpaired) electrons. The zero-order valence-electron chi connectivity index (χ0n) is 13.0. The van der Waals surface area contributed by atoms with E-state index < -0.39 is 0 Å². The third kappa shape index (κ3) is 3.90. The highest BCUT2D eigenvalue weighted by Gasteiger charge is 2.31. The standard InChI is InChI=1S/C17H19ClN2O2S/c1-12-9-15(19-22-12)16-7-4-8-20(16)17(21)11-23-10-13-5-2-3-6-14(13)18/h2-3,5-6,9,16H,4,7-8,10-11H2,1H3/t16-/m0/s1. The number of benzene rings is 1. The quantitative estimate of drug-likeness (QED) is 0.809. The van der Waals surface area contributed by atoms with Crippen LogP contribution in [0.25, 0.3) is 0 Å². The molecule has 1 amide bonds. The lowest BCUT2D eigenvalue weighted by Gasteiger charge is -2.22. The van der Waals surface area contributed by atoms with Gasteiger partial charge in [-0.05, 0) is 31.4 Å². The highest BCUT2D eigenvalue weighted by molar-refractivity contribution is 7.99. The average molecular weight is 351 g/mol. The zero-order chi connectivity index (χ0) is 16.2. The number of likely N-dealkylation sites (tertiary alicyclic amines) is 1. The van der Waals surface area contributed by atoms with Crippen LogP contribution in [0.5, 0.6) is 0 Å². The van der Waals surface area contributed by atoms with Gasteiger partial charge in [-0.2, -0.15) is 0 Å². The molecule has 2 aromatic rings. The SMILES string of the molecule is Cc1cc([C@@H]2CCCN2C(=O)CSCc2ccccc2Cl)no1. The fourth-order valence-corrected chi connectivity index (χ4v) is 4.06. The lowest BCUT2D eigenvalue weighted by Crippen LogP contribution is -2.32. The Kier molecular flexibility index (Phi) is 5.28. The van der Waals surface area contributed by atoms with Gasteiger partial charge >= 0.3 is 0 Å². The minimum atomic E-state index is 0.0564. The largest absolute Gasteiger partial charge is 0.361 e. The minimum absolute atomic E-state index is 0.0564. The van der Waals surface area contributed by atoms with Gasteiger partial charge in [0.05, 0.1) is 11.8 Å². The van der Waals surface area contributed by atoms with Gasteiger partial charge in [0.25, 0.3) is 0 Å². The molecule has 1 aliphatic rings. The van der Waals surface area contributed by atoms with Crippen molar-refractivity contribution in [3.8, 4) is 0 Å². The lowest BCUT2D eigenvalue weighted by molar-refractivity contribution is -0.129. The number of hydrogen-bond acceptors (Lipinski definition) is 4. The van der Waals surface area contributed by atoms with E-state index >= 15 is 0 Å². The summed E-state index contributed by atoms with van der Waals surface area (Å²) in [5.74, 6) is 2.14. The van der Waals surface area contributed by atoms with Crippen LogP contribution in [0.1, 0.15) is 35.9 Å². The van der Waals surface area contributed by atoms with Crippen molar-refractivity contribution in [3.05, 3.63) is 52.4 Å². The van der Waals surface area contributed by atoms with E-state index in [1.54, 1.807) is 11.8 Å². The number of carbonyl (C=O) groups excluding carboxylic acids is 1. The summed E-state index contributed by atoms with van der Waals surface area (Å²) in [6, 6.07) is 9.73. The summed E-state index contributed by atoms with van der Waals surface area (Å²) in [7, 11) is 0. The Morgan fingerprint density at radius 1 is 1.48 bits per heavy atom. The number of rotatable bonds is 5. The highest BCUT2D eigenvalue weighted by Crippen LogP contribution is 2.32. The predicted molar refractivity (Wildman–Crippen MR) is 92.5 cm³/mol. The van der Waals surface area contributed by atoms with Gasteiger partial charge in [0.2, 0.25) is 5.91 Å². The number of nitrogens with zero attached hydrogens (tertiary/aromatic N) is 2. The summed E-state index contributed by atoms with van der Waals surface area (Å²) in [6.45, 7) is 2.67. The van der Waals surface area contributed by atoms with E-state index in [2.05, 4.69) is 5.16 Å². The topological polar surface area (TPSA) is 46.3 Å². The molecule has 3 rings (SSSR count). The molecule has 1 atom stereocenters. The van der Waals surface area contributed by atoms with Gasteiger partial charge in [-0.1, -0.05) is 35.0 Å². The second-order valence-corrected chi connectivity index (χ2v) is 7.08. The van der Waals surface area contributed by atoms with Crippen LogP contribution in [0, 0.1) is 6.92 Å². The molecule has 23 heavy (non-hydrogen) atoms. The molecule has 0 saturated carbocycles. The van der Waals surface area contributed by atoms with Crippen LogP contribution >= 0.6 is 23.4 Å². The van der Waals surface area contributed by atoms with E-state index in [1.165, 1.54) is 0 Å². The summed E-state index contributed by atoms with van der Waals surface area (Å²) >= 11 is 7.74. The smallest absolute Gasteiger partial charge is 0.233 e. The second kappa shape index (κ2) is 7.41. The Morgan fingerprint density at radius 3 is 3.04 bits per heavy atom. The third-order valence-corrected chi connectivity index (χ3v) is 5.34. The van der Waals surface area contributed by atoms with Crippen LogP contribution in [-0.4, -0.2) is 28.3 Å². The number of aryl methyl sites for hydroxylation is 1. The molecule has 2 heterocycles. The maximum absolute atomic E-state index is 12.5. The molecule has 1 fully saturated rings. The number of halogens is 1. The monoisotopic (exact) mass is 350 g/mol. The molecule has 0 spiro atoms. The number of amides is 1. The highest BCUT2D eigenvalue weighted by atomic mass is 35.5. The van der Waals surface area contributed by atoms with Gasteiger partial charge in [-0.25, -0.2) is 0 Å². The maximum atomic E-state index is 12.5. The summed E-state index contributed by atoms with van der Waals surface area (Å²) in [5.41, 5.74) is 1.93. The molecule has 1 aromatic carbocycles. The first kappa shape index (κ1) is 16.4. The van der Waals surface area contributed by atoms with Crippen molar-refractivity contribution in [2.24, 2.45) is 0 Å². The molecule has 0 aliphatic carbocycles. The number of hydrogen-bond donors (Lipinski definition) is 0. The Morgan fingerprint density at radius 2 is 2.30 bits per heavy atom. The second-order valence-electron chi connectivity index (χ2n) is 5.69. The zero-order valence-corrected chi connectivity index (χ0v) is 14.6. The molecule has 1 aromatic heterocycles. The number of thioether (sulfide) groups is 1. The Bertz CT molecular complexity index is 689. The van der Waals surface area contributed by atoms with E-state index in [1.807, 2.05) is 42.2 Å². The van der Waals surface area contributed by atoms with Crippen molar-refractivity contribution in [2.45, 2.75) is 31.6 Å². The van der Waals surface area contributed by atoms with Crippen molar-refractivity contribution in [2.75, 3.05) is 12.3 Å². The van der Waals surface area contributed by atoms with E-state index in [0.29, 0.717) is 5.75 Å². The van der Waals surface area contributed by atoms with Crippen molar-refractivity contribution in [1.82, 2.24) is 10.1 Å². The van der Waals surface area contributed by atoms with Gasteiger partial charge in [0.15, 0.2) is 0 Å². The van der Waals surface area contributed by atoms with Gasteiger partial charge in [0, 0.05) is 23.4 Å². The summed E-state index contributed by atoms with van der Waals surface area (Å²) in [4.78, 5) is 14.5. The fourth-order valence-electron chi connectivity index (χ4n) is 2.86. The molecule has 1 aliphatic heterocycles. The molecular weight excluding hydrogens is 332 g/mol. The van der Waals surface area contributed by atoms with Gasteiger partial charge in [0.1, 0.15) is 11.5 Å². The van der Waals surface area contributed by atoms with E-state index in [9.17, 15) is 4.79 Å². The molecule has 0 unspecified atom stereocenters. The summed E-state index contributed by atoms with van der Waals surface area (Å²) < 4.78 is 5.15. The van der Waals surface area contributed by atoms with E-state index in [0.717, 1.165) is 47.2 Å².